The monoisotopic (exact) mass is 320 g/mol. The lowest BCUT2D eigenvalue weighted by atomic mass is 10.1. The van der Waals surface area contributed by atoms with Gasteiger partial charge in [-0.15, -0.1) is 11.3 Å². The Hall–Kier alpha value is -1.30. The van der Waals surface area contributed by atoms with Crippen molar-refractivity contribution in [2.45, 2.75) is 19.9 Å². The summed E-state index contributed by atoms with van der Waals surface area (Å²) >= 11 is 1.51. The van der Waals surface area contributed by atoms with E-state index in [0.29, 0.717) is 11.5 Å². The Morgan fingerprint density at radius 1 is 1.41 bits per heavy atom. The van der Waals surface area contributed by atoms with E-state index in [1.807, 2.05) is 11.4 Å². The SMILES string of the molecule is CCN(Cc1csc(-c2ccccc2F)n1)C[C@H]1CCOC1. The van der Waals surface area contributed by atoms with E-state index in [9.17, 15) is 4.39 Å². The zero-order valence-electron chi connectivity index (χ0n) is 12.8. The van der Waals surface area contributed by atoms with Gasteiger partial charge < -0.3 is 4.74 Å². The maximum Gasteiger partial charge on any atom is 0.133 e. The molecule has 1 aromatic heterocycles. The molecule has 3 rings (SSSR count). The van der Waals surface area contributed by atoms with Crippen molar-refractivity contribution in [2.24, 2.45) is 5.92 Å². The fourth-order valence-corrected chi connectivity index (χ4v) is 3.60. The highest BCUT2D eigenvalue weighted by Gasteiger charge is 2.19. The number of ether oxygens (including phenoxy) is 1. The Kier molecular flexibility index (Phi) is 5.18. The van der Waals surface area contributed by atoms with Crippen molar-refractivity contribution in [2.75, 3.05) is 26.3 Å². The first-order chi connectivity index (χ1) is 10.8. The lowest BCUT2D eigenvalue weighted by Gasteiger charge is -2.22. The van der Waals surface area contributed by atoms with Crippen LogP contribution in [0, 0.1) is 11.7 Å². The smallest absolute Gasteiger partial charge is 0.133 e. The van der Waals surface area contributed by atoms with Crippen LogP contribution < -0.4 is 0 Å². The normalized spacial score (nSPS) is 18.2. The van der Waals surface area contributed by atoms with Gasteiger partial charge in [-0.3, -0.25) is 4.90 Å². The van der Waals surface area contributed by atoms with Crippen molar-refractivity contribution >= 4 is 11.3 Å². The minimum absolute atomic E-state index is 0.209. The summed E-state index contributed by atoms with van der Waals surface area (Å²) in [6.45, 7) is 6.77. The lowest BCUT2D eigenvalue weighted by Crippen LogP contribution is -2.29. The van der Waals surface area contributed by atoms with E-state index in [-0.39, 0.29) is 5.82 Å². The molecule has 5 heteroatoms. The minimum Gasteiger partial charge on any atom is -0.381 e. The molecule has 0 unspecified atom stereocenters. The molecule has 118 valence electrons. The van der Waals surface area contributed by atoms with Crippen molar-refractivity contribution < 1.29 is 9.13 Å². The van der Waals surface area contributed by atoms with E-state index in [1.54, 1.807) is 12.1 Å². The predicted octanol–water partition coefficient (Wildman–Crippen LogP) is 3.81. The molecule has 2 heterocycles. The molecule has 1 aliphatic rings. The van der Waals surface area contributed by atoms with Crippen LogP contribution in [0.25, 0.3) is 10.6 Å². The Balaban J connectivity index is 1.66. The quantitative estimate of drug-likeness (QED) is 0.809. The van der Waals surface area contributed by atoms with E-state index in [2.05, 4.69) is 16.8 Å². The summed E-state index contributed by atoms with van der Waals surface area (Å²) in [5, 5.41) is 2.80. The Morgan fingerprint density at radius 2 is 2.27 bits per heavy atom. The second kappa shape index (κ2) is 7.31. The number of halogens is 1. The number of benzene rings is 1. The number of hydrogen-bond acceptors (Lipinski definition) is 4. The molecule has 22 heavy (non-hydrogen) atoms. The van der Waals surface area contributed by atoms with Crippen LogP contribution in [0.5, 0.6) is 0 Å². The van der Waals surface area contributed by atoms with E-state index in [4.69, 9.17) is 4.74 Å². The fourth-order valence-electron chi connectivity index (χ4n) is 2.76. The Bertz CT molecular complexity index is 610. The Labute approximate surface area is 134 Å². The van der Waals surface area contributed by atoms with Crippen LogP contribution in [0.3, 0.4) is 0 Å². The lowest BCUT2D eigenvalue weighted by molar-refractivity contribution is 0.166. The maximum atomic E-state index is 13.8. The second-order valence-electron chi connectivity index (χ2n) is 5.68. The molecule has 0 spiro atoms. The van der Waals surface area contributed by atoms with Crippen LogP contribution in [0.1, 0.15) is 19.0 Å². The third-order valence-electron chi connectivity index (χ3n) is 4.03. The molecule has 3 nitrogen and oxygen atoms in total. The first-order valence-corrected chi connectivity index (χ1v) is 8.63. The average Bonchev–Trinajstić information content (AvgIpc) is 3.19. The van der Waals surface area contributed by atoms with Crippen molar-refractivity contribution in [3.63, 3.8) is 0 Å². The highest BCUT2D eigenvalue weighted by atomic mass is 32.1. The molecule has 0 aliphatic carbocycles. The van der Waals surface area contributed by atoms with Gasteiger partial charge in [0.15, 0.2) is 0 Å². The predicted molar refractivity (Wildman–Crippen MR) is 87.4 cm³/mol. The van der Waals surface area contributed by atoms with E-state index in [0.717, 1.165) is 50.0 Å². The van der Waals surface area contributed by atoms with Crippen LogP contribution in [0.15, 0.2) is 29.6 Å². The number of nitrogens with zero attached hydrogens (tertiary/aromatic N) is 2. The molecule has 0 bridgehead atoms. The summed E-state index contributed by atoms with van der Waals surface area (Å²) in [4.78, 5) is 7.00. The highest BCUT2D eigenvalue weighted by Crippen LogP contribution is 2.26. The standard InChI is InChI=1S/C17H21FN2OS/c1-2-20(9-13-7-8-21-11-13)10-14-12-22-17(19-14)15-5-3-4-6-16(15)18/h3-6,12-13H,2,7-11H2,1H3/t13-/m1/s1. The molecule has 1 atom stereocenters. The Morgan fingerprint density at radius 3 is 3.00 bits per heavy atom. The van der Waals surface area contributed by atoms with Crippen molar-refractivity contribution in [3.8, 4) is 10.6 Å². The molecule has 1 aromatic carbocycles. The van der Waals surface area contributed by atoms with Gasteiger partial charge in [0.25, 0.3) is 0 Å². The topological polar surface area (TPSA) is 25.4 Å². The first kappa shape index (κ1) is 15.6. The van der Waals surface area contributed by atoms with Gasteiger partial charge in [0.2, 0.25) is 0 Å². The van der Waals surface area contributed by atoms with E-state index in [1.165, 1.54) is 17.4 Å². The van der Waals surface area contributed by atoms with Gasteiger partial charge in [0.1, 0.15) is 10.8 Å². The molecule has 1 fully saturated rings. The van der Waals surface area contributed by atoms with Gasteiger partial charge in [-0.1, -0.05) is 19.1 Å². The zero-order chi connectivity index (χ0) is 15.4. The van der Waals surface area contributed by atoms with Crippen LogP contribution in [-0.2, 0) is 11.3 Å². The van der Waals surface area contributed by atoms with Gasteiger partial charge >= 0.3 is 0 Å². The number of aromatic nitrogens is 1. The van der Waals surface area contributed by atoms with Gasteiger partial charge in [-0.25, -0.2) is 9.37 Å². The first-order valence-electron chi connectivity index (χ1n) is 7.75. The van der Waals surface area contributed by atoms with Crippen LogP contribution >= 0.6 is 11.3 Å². The van der Waals surface area contributed by atoms with Gasteiger partial charge in [-0.2, -0.15) is 0 Å². The summed E-state index contributed by atoms with van der Waals surface area (Å²) in [6, 6.07) is 6.81. The van der Waals surface area contributed by atoms with Crippen LogP contribution in [0.2, 0.25) is 0 Å². The summed E-state index contributed by atoms with van der Waals surface area (Å²) in [7, 11) is 0. The van der Waals surface area contributed by atoms with Crippen molar-refractivity contribution in [1.29, 1.82) is 0 Å². The van der Waals surface area contributed by atoms with E-state index >= 15 is 0 Å². The largest absolute Gasteiger partial charge is 0.381 e. The van der Waals surface area contributed by atoms with Crippen molar-refractivity contribution in [3.05, 3.63) is 41.2 Å². The van der Waals surface area contributed by atoms with Crippen LogP contribution in [-0.4, -0.2) is 36.2 Å². The van der Waals surface area contributed by atoms with Gasteiger partial charge in [0.05, 0.1) is 12.3 Å². The number of hydrogen-bond donors (Lipinski definition) is 0. The zero-order valence-corrected chi connectivity index (χ0v) is 13.6. The molecule has 1 saturated heterocycles. The van der Waals surface area contributed by atoms with Gasteiger partial charge in [-0.05, 0) is 31.0 Å². The average molecular weight is 320 g/mol. The molecule has 0 radical (unpaired) electrons. The minimum atomic E-state index is -0.209. The van der Waals surface area contributed by atoms with Crippen molar-refractivity contribution in [1.82, 2.24) is 9.88 Å². The molecular formula is C17H21FN2OS. The molecule has 0 amide bonds. The second-order valence-corrected chi connectivity index (χ2v) is 6.54. The third-order valence-corrected chi connectivity index (χ3v) is 4.95. The number of rotatable bonds is 6. The summed E-state index contributed by atoms with van der Waals surface area (Å²) in [6.07, 6.45) is 1.15. The van der Waals surface area contributed by atoms with Gasteiger partial charge in [0, 0.05) is 30.6 Å². The fraction of sp³-hybridized carbons (Fsp3) is 0.471. The third kappa shape index (κ3) is 3.72. The molecular weight excluding hydrogens is 299 g/mol. The molecule has 1 aliphatic heterocycles. The molecule has 0 saturated carbocycles. The molecule has 0 N–H and O–H groups in total. The highest BCUT2D eigenvalue weighted by molar-refractivity contribution is 7.13. The summed E-state index contributed by atoms with van der Waals surface area (Å²) < 4.78 is 19.3. The molecule has 2 aromatic rings. The maximum absolute atomic E-state index is 13.8. The number of thiazole rings is 1. The summed E-state index contributed by atoms with van der Waals surface area (Å²) in [5.41, 5.74) is 1.61. The summed E-state index contributed by atoms with van der Waals surface area (Å²) in [5.74, 6) is 0.420. The van der Waals surface area contributed by atoms with E-state index < -0.39 is 0 Å². The van der Waals surface area contributed by atoms with Crippen LogP contribution in [0.4, 0.5) is 4.39 Å².